The smallest absolute Gasteiger partial charge is 0.304 e. The summed E-state index contributed by atoms with van der Waals surface area (Å²) < 4.78 is 42.6. The van der Waals surface area contributed by atoms with Crippen molar-refractivity contribution in [3.63, 3.8) is 0 Å². The van der Waals surface area contributed by atoms with Crippen LogP contribution in [0.25, 0.3) is 0 Å². The molecule has 0 aliphatic heterocycles. The second kappa shape index (κ2) is 12.7. The Morgan fingerprint density at radius 3 is 2.27 bits per heavy atom. The topological polar surface area (TPSA) is 90.0 Å². The van der Waals surface area contributed by atoms with Gasteiger partial charge >= 0.3 is 10.2 Å². The number of nitrogens with zero attached hydrogens (tertiary/aromatic N) is 3. The standard InChI is InChI=1S/C26H34ClFN4O4S/c1-19(26(34)29-22-9-5-4-6-10-22)31(17-20-13-15-21(27)16-14-20)25(33)18-32(37(35,36)30(2)3)24-12-8-7-11-23(24)28/h7-8,11-16,19,22H,4-6,9-10,17-18H2,1-3H3,(H,29,34)/t19-/m0/s1. The number of carbonyl (C=O) groups is 2. The van der Waals surface area contributed by atoms with Gasteiger partial charge in [0.2, 0.25) is 11.8 Å². The SMILES string of the molecule is C[C@@H](C(=O)NC1CCCCC1)N(Cc1ccc(Cl)cc1)C(=O)CN(c1ccccc1F)S(=O)(=O)N(C)C. The summed E-state index contributed by atoms with van der Waals surface area (Å²) in [5, 5.41) is 3.56. The molecule has 0 saturated heterocycles. The molecule has 202 valence electrons. The van der Waals surface area contributed by atoms with Gasteiger partial charge in [0, 0.05) is 31.7 Å². The van der Waals surface area contributed by atoms with Crippen LogP contribution in [0, 0.1) is 5.82 Å². The predicted octanol–water partition coefficient (Wildman–Crippen LogP) is 3.96. The van der Waals surface area contributed by atoms with E-state index in [1.807, 2.05) is 0 Å². The molecule has 1 atom stereocenters. The van der Waals surface area contributed by atoms with Gasteiger partial charge in [0.25, 0.3) is 0 Å². The van der Waals surface area contributed by atoms with E-state index in [1.165, 1.54) is 37.2 Å². The van der Waals surface area contributed by atoms with Crippen molar-refractivity contribution >= 4 is 39.3 Å². The molecule has 1 aliphatic rings. The number of rotatable bonds is 10. The summed E-state index contributed by atoms with van der Waals surface area (Å²) in [5.74, 6) is -1.75. The highest BCUT2D eigenvalue weighted by atomic mass is 35.5. The van der Waals surface area contributed by atoms with Crippen molar-refractivity contribution in [2.45, 2.75) is 57.7 Å². The van der Waals surface area contributed by atoms with E-state index in [1.54, 1.807) is 31.2 Å². The number of nitrogens with one attached hydrogen (secondary N) is 1. The molecule has 2 aromatic rings. The quantitative estimate of drug-likeness (QED) is 0.483. The maximum Gasteiger partial charge on any atom is 0.304 e. The fraction of sp³-hybridized carbons (Fsp3) is 0.462. The van der Waals surface area contributed by atoms with Gasteiger partial charge in [-0.1, -0.05) is 55.1 Å². The molecule has 2 amide bonds. The molecule has 0 spiro atoms. The van der Waals surface area contributed by atoms with Crippen molar-refractivity contribution in [2.24, 2.45) is 0 Å². The number of hydrogen-bond acceptors (Lipinski definition) is 4. The lowest BCUT2D eigenvalue weighted by Crippen LogP contribution is -2.53. The third-order valence-electron chi connectivity index (χ3n) is 6.52. The maximum atomic E-state index is 14.7. The molecule has 0 aromatic heterocycles. The molecule has 11 heteroatoms. The Labute approximate surface area is 223 Å². The molecule has 0 bridgehead atoms. The van der Waals surface area contributed by atoms with Gasteiger partial charge in [-0.15, -0.1) is 0 Å². The number of amides is 2. The molecule has 1 aliphatic carbocycles. The number of carbonyl (C=O) groups excluding carboxylic acids is 2. The van der Waals surface area contributed by atoms with Crippen molar-refractivity contribution in [3.05, 3.63) is 64.9 Å². The zero-order valence-corrected chi connectivity index (χ0v) is 22.9. The Bertz CT molecular complexity index is 1190. The van der Waals surface area contributed by atoms with Gasteiger partial charge in [0.1, 0.15) is 18.4 Å². The number of anilines is 1. The van der Waals surface area contributed by atoms with Crippen molar-refractivity contribution < 1.29 is 22.4 Å². The van der Waals surface area contributed by atoms with Crippen molar-refractivity contribution in [3.8, 4) is 0 Å². The summed E-state index contributed by atoms with van der Waals surface area (Å²) in [7, 11) is -1.62. The minimum atomic E-state index is -4.23. The molecule has 1 fully saturated rings. The first-order valence-electron chi connectivity index (χ1n) is 12.3. The maximum absolute atomic E-state index is 14.7. The Kier molecular flexibility index (Phi) is 9.92. The normalized spacial score (nSPS) is 15.3. The largest absolute Gasteiger partial charge is 0.352 e. The minimum absolute atomic E-state index is 0.0419. The van der Waals surface area contributed by atoms with Crippen LogP contribution in [0.4, 0.5) is 10.1 Å². The molecular formula is C26H34ClFN4O4S. The summed E-state index contributed by atoms with van der Waals surface area (Å²) in [6.07, 6.45) is 4.96. The Hall–Kier alpha value is -2.69. The molecule has 3 rings (SSSR count). The van der Waals surface area contributed by atoms with E-state index in [9.17, 15) is 22.4 Å². The van der Waals surface area contributed by atoms with E-state index in [4.69, 9.17) is 11.6 Å². The Morgan fingerprint density at radius 1 is 1.05 bits per heavy atom. The van der Waals surface area contributed by atoms with E-state index >= 15 is 0 Å². The first-order valence-corrected chi connectivity index (χ1v) is 14.1. The van der Waals surface area contributed by atoms with E-state index < -0.39 is 34.5 Å². The average molecular weight is 553 g/mol. The number of para-hydroxylation sites is 1. The van der Waals surface area contributed by atoms with Crippen molar-refractivity contribution in [1.82, 2.24) is 14.5 Å². The lowest BCUT2D eigenvalue weighted by molar-refractivity contribution is -0.139. The lowest BCUT2D eigenvalue weighted by Gasteiger charge is -2.34. The zero-order valence-electron chi connectivity index (χ0n) is 21.4. The Morgan fingerprint density at radius 2 is 1.68 bits per heavy atom. The molecular weight excluding hydrogens is 519 g/mol. The van der Waals surface area contributed by atoms with Crippen LogP contribution in [0.1, 0.15) is 44.6 Å². The number of benzene rings is 2. The van der Waals surface area contributed by atoms with Gasteiger partial charge in [-0.05, 0) is 49.6 Å². The van der Waals surface area contributed by atoms with E-state index in [-0.39, 0.29) is 24.2 Å². The summed E-state index contributed by atoms with van der Waals surface area (Å²) in [6.45, 7) is 0.971. The average Bonchev–Trinajstić information content (AvgIpc) is 2.87. The van der Waals surface area contributed by atoms with Gasteiger partial charge in [-0.3, -0.25) is 9.59 Å². The van der Waals surface area contributed by atoms with Gasteiger partial charge in [0.05, 0.1) is 5.69 Å². The monoisotopic (exact) mass is 552 g/mol. The van der Waals surface area contributed by atoms with Crippen LogP contribution in [0.3, 0.4) is 0 Å². The molecule has 1 saturated carbocycles. The van der Waals surface area contributed by atoms with Gasteiger partial charge in [-0.2, -0.15) is 12.7 Å². The predicted molar refractivity (Wildman–Crippen MR) is 143 cm³/mol. The van der Waals surface area contributed by atoms with Crippen LogP contribution in [0.2, 0.25) is 5.02 Å². The minimum Gasteiger partial charge on any atom is -0.352 e. The van der Waals surface area contributed by atoms with Gasteiger partial charge < -0.3 is 10.2 Å². The fourth-order valence-corrected chi connectivity index (χ4v) is 5.48. The third-order valence-corrected chi connectivity index (χ3v) is 8.58. The lowest BCUT2D eigenvalue weighted by atomic mass is 9.95. The first-order chi connectivity index (χ1) is 17.5. The summed E-state index contributed by atoms with van der Waals surface area (Å²) in [5.41, 5.74) is 0.457. The Balaban J connectivity index is 1.92. The van der Waals surface area contributed by atoms with Crippen LogP contribution in [0.5, 0.6) is 0 Å². The van der Waals surface area contributed by atoms with Crippen LogP contribution in [0.15, 0.2) is 48.5 Å². The highest BCUT2D eigenvalue weighted by molar-refractivity contribution is 7.90. The zero-order chi connectivity index (χ0) is 27.2. The fourth-order valence-electron chi connectivity index (χ4n) is 4.29. The number of halogens is 2. The highest BCUT2D eigenvalue weighted by Crippen LogP contribution is 2.24. The first kappa shape index (κ1) is 28.9. The van der Waals surface area contributed by atoms with E-state index in [2.05, 4.69) is 5.32 Å². The number of hydrogen-bond donors (Lipinski definition) is 1. The van der Waals surface area contributed by atoms with E-state index in [0.29, 0.717) is 10.6 Å². The summed E-state index contributed by atoms with van der Waals surface area (Å²) in [6, 6.07) is 11.3. The van der Waals surface area contributed by atoms with E-state index in [0.717, 1.165) is 46.8 Å². The van der Waals surface area contributed by atoms with Gasteiger partial charge in [-0.25, -0.2) is 8.70 Å². The molecule has 1 N–H and O–H groups in total. The molecule has 37 heavy (non-hydrogen) atoms. The molecule has 0 heterocycles. The third kappa shape index (κ3) is 7.43. The van der Waals surface area contributed by atoms with Crippen LogP contribution >= 0.6 is 11.6 Å². The second-order valence-electron chi connectivity index (χ2n) is 9.42. The van der Waals surface area contributed by atoms with Crippen LogP contribution < -0.4 is 9.62 Å². The van der Waals surface area contributed by atoms with Crippen LogP contribution in [-0.4, -0.2) is 62.2 Å². The van der Waals surface area contributed by atoms with Crippen molar-refractivity contribution in [2.75, 3.05) is 24.9 Å². The molecule has 2 aromatic carbocycles. The van der Waals surface area contributed by atoms with Gasteiger partial charge in [0.15, 0.2) is 0 Å². The summed E-state index contributed by atoms with van der Waals surface area (Å²) >= 11 is 6.01. The summed E-state index contributed by atoms with van der Waals surface area (Å²) in [4.78, 5) is 28.2. The second-order valence-corrected chi connectivity index (χ2v) is 11.9. The van der Waals surface area contributed by atoms with Crippen molar-refractivity contribution in [1.29, 1.82) is 0 Å². The molecule has 0 unspecified atom stereocenters. The van der Waals surface area contributed by atoms with Crippen LogP contribution in [-0.2, 0) is 26.3 Å². The molecule has 0 radical (unpaired) electrons. The highest BCUT2D eigenvalue weighted by Gasteiger charge is 2.34. The molecule has 8 nitrogen and oxygen atoms in total.